The molecule has 0 amide bonds. The summed E-state index contributed by atoms with van der Waals surface area (Å²) < 4.78 is 0. The molecule has 1 heterocycles. The highest BCUT2D eigenvalue weighted by molar-refractivity contribution is 5.49. The number of hydrogen-bond donors (Lipinski definition) is 1. The number of likely N-dealkylation sites (tertiary alicyclic amines) is 1. The second-order valence-electron chi connectivity index (χ2n) is 14.7. The van der Waals surface area contributed by atoms with E-state index >= 15 is 0 Å². The van der Waals surface area contributed by atoms with Crippen molar-refractivity contribution in [1.82, 2.24) is 4.90 Å². The van der Waals surface area contributed by atoms with Gasteiger partial charge in [-0.3, -0.25) is 0 Å². The molecule has 5 aliphatic rings. The van der Waals surface area contributed by atoms with E-state index in [1.54, 1.807) is 16.7 Å². The molecule has 0 radical (unpaired) electrons. The van der Waals surface area contributed by atoms with E-state index in [9.17, 15) is 5.11 Å². The van der Waals surface area contributed by atoms with E-state index < -0.39 is 0 Å². The van der Waals surface area contributed by atoms with Crippen LogP contribution in [0, 0.1) is 39.4 Å². The van der Waals surface area contributed by atoms with E-state index in [-0.39, 0.29) is 11.5 Å². The summed E-state index contributed by atoms with van der Waals surface area (Å²) in [5.41, 5.74) is 6.57. The number of hydrogen-bond acceptors (Lipinski definition) is 2. The van der Waals surface area contributed by atoms with Crippen molar-refractivity contribution in [3.05, 3.63) is 22.8 Å². The van der Waals surface area contributed by atoms with Crippen molar-refractivity contribution < 1.29 is 5.11 Å². The highest BCUT2D eigenvalue weighted by Gasteiger charge is 2.57. The molecule has 0 unspecified atom stereocenters. The number of fused-ring (bicyclic) bond motifs is 4. The highest BCUT2D eigenvalue weighted by atomic mass is 16.3. The van der Waals surface area contributed by atoms with Crippen LogP contribution in [-0.4, -0.2) is 35.7 Å². The molecule has 0 aromatic carbocycles. The van der Waals surface area contributed by atoms with Crippen molar-refractivity contribution in [3.63, 3.8) is 0 Å². The van der Waals surface area contributed by atoms with Crippen LogP contribution in [0.4, 0.5) is 0 Å². The first-order chi connectivity index (χ1) is 15.4. The van der Waals surface area contributed by atoms with Crippen molar-refractivity contribution in [2.24, 2.45) is 39.4 Å². The number of aliphatic hydroxyl groups excluding tert-OH is 1. The van der Waals surface area contributed by atoms with Gasteiger partial charge in [0.2, 0.25) is 0 Å². The van der Waals surface area contributed by atoms with Gasteiger partial charge in [0.1, 0.15) is 0 Å². The van der Waals surface area contributed by atoms with Gasteiger partial charge >= 0.3 is 0 Å². The first kappa shape index (κ1) is 24.1. The zero-order chi connectivity index (χ0) is 23.8. The molecule has 1 aliphatic heterocycles. The Morgan fingerprint density at radius 3 is 2.33 bits per heavy atom. The standard InChI is InChI=1S/C31H51NO/c1-21(20-32-18-16-28(2,3)17-19-32)23-9-10-24-22-8-11-26-29(4,5)27(33)13-15-31(26,7)25(22)12-14-30(23,24)6/h10,21,23,26-27,33H,8-9,11-20H2,1-7H3/t21-,23+,26-,27-,30+,31+/m0/s1. The molecule has 1 saturated heterocycles. The van der Waals surface area contributed by atoms with Gasteiger partial charge in [-0.1, -0.05) is 60.1 Å². The zero-order valence-corrected chi connectivity index (χ0v) is 22.8. The minimum absolute atomic E-state index is 0.0381. The van der Waals surface area contributed by atoms with Gasteiger partial charge in [0.05, 0.1) is 6.10 Å². The lowest BCUT2D eigenvalue weighted by Gasteiger charge is -2.59. The third kappa shape index (κ3) is 3.72. The third-order valence-corrected chi connectivity index (χ3v) is 11.9. The molecule has 4 aliphatic carbocycles. The van der Waals surface area contributed by atoms with Crippen LogP contribution in [0.2, 0.25) is 0 Å². The molecule has 0 spiro atoms. The molecular weight excluding hydrogens is 402 g/mol. The molecule has 0 aromatic rings. The fourth-order valence-corrected chi connectivity index (χ4v) is 9.45. The van der Waals surface area contributed by atoms with Gasteiger partial charge in [-0.15, -0.1) is 0 Å². The Morgan fingerprint density at radius 1 is 0.939 bits per heavy atom. The van der Waals surface area contributed by atoms with Crippen LogP contribution < -0.4 is 0 Å². The maximum absolute atomic E-state index is 10.8. The SMILES string of the molecule is C[C@@H](CN1CCC(C)(C)CC1)[C@H]1CC=C2C3=C(CC[C@@]21C)[C@@]1(C)CC[C@H](O)C(C)(C)[C@@H]1CC3. The van der Waals surface area contributed by atoms with Crippen LogP contribution in [0.1, 0.15) is 106 Å². The average molecular weight is 454 g/mol. The Hall–Kier alpha value is -0.600. The summed E-state index contributed by atoms with van der Waals surface area (Å²) in [6, 6.07) is 0. The second kappa shape index (κ2) is 7.95. The van der Waals surface area contributed by atoms with Gasteiger partial charge in [-0.25, -0.2) is 0 Å². The van der Waals surface area contributed by atoms with E-state index in [0.29, 0.717) is 22.2 Å². The molecule has 1 N–H and O–H groups in total. The van der Waals surface area contributed by atoms with Crippen LogP contribution >= 0.6 is 0 Å². The summed E-state index contributed by atoms with van der Waals surface area (Å²) in [4.78, 5) is 2.77. The Labute approximate surface area is 204 Å². The van der Waals surface area contributed by atoms with Crippen LogP contribution in [0.15, 0.2) is 22.8 Å². The second-order valence-corrected chi connectivity index (χ2v) is 14.7. The van der Waals surface area contributed by atoms with E-state index in [0.717, 1.165) is 18.3 Å². The van der Waals surface area contributed by atoms with E-state index in [4.69, 9.17) is 0 Å². The summed E-state index contributed by atoms with van der Waals surface area (Å²) >= 11 is 0. The molecule has 2 nitrogen and oxygen atoms in total. The van der Waals surface area contributed by atoms with Gasteiger partial charge in [0.15, 0.2) is 0 Å². The summed E-state index contributed by atoms with van der Waals surface area (Å²) in [7, 11) is 0. The zero-order valence-electron chi connectivity index (χ0n) is 22.8. The van der Waals surface area contributed by atoms with Gasteiger partial charge in [-0.2, -0.15) is 0 Å². The maximum Gasteiger partial charge on any atom is 0.0594 e. The van der Waals surface area contributed by atoms with Crippen molar-refractivity contribution in [2.45, 2.75) is 112 Å². The molecule has 186 valence electrons. The molecular formula is C31H51NO. The molecule has 5 rings (SSSR count). The summed E-state index contributed by atoms with van der Waals surface area (Å²) in [6.07, 6.45) is 13.8. The minimum atomic E-state index is -0.136. The van der Waals surface area contributed by atoms with Gasteiger partial charge < -0.3 is 10.0 Å². The predicted octanol–water partition coefficient (Wildman–Crippen LogP) is 7.38. The van der Waals surface area contributed by atoms with Crippen molar-refractivity contribution in [2.75, 3.05) is 19.6 Å². The molecule has 33 heavy (non-hydrogen) atoms. The molecule has 6 atom stereocenters. The molecule has 2 heteroatoms. The van der Waals surface area contributed by atoms with Crippen LogP contribution in [0.5, 0.6) is 0 Å². The van der Waals surface area contributed by atoms with Crippen LogP contribution in [0.25, 0.3) is 0 Å². The first-order valence-electron chi connectivity index (χ1n) is 14.2. The van der Waals surface area contributed by atoms with E-state index in [2.05, 4.69) is 59.4 Å². The summed E-state index contributed by atoms with van der Waals surface area (Å²) in [5, 5.41) is 10.8. The van der Waals surface area contributed by atoms with Gasteiger partial charge in [0, 0.05) is 6.54 Å². The topological polar surface area (TPSA) is 23.5 Å². The normalized spacial score (nSPS) is 43.4. The Morgan fingerprint density at radius 2 is 1.64 bits per heavy atom. The Kier molecular flexibility index (Phi) is 5.81. The number of nitrogens with zero attached hydrogens (tertiary/aromatic N) is 1. The smallest absolute Gasteiger partial charge is 0.0594 e. The van der Waals surface area contributed by atoms with Crippen LogP contribution in [-0.2, 0) is 0 Å². The van der Waals surface area contributed by atoms with Crippen molar-refractivity contribution in [3.8, 4) is 0 Å². The van der Waals surface area contributed by atoms with Crippen LogP contribution in [0.3, 0.4) is 0 Å². The number of allylic oxidation sites excluding steroid dienone is 4. The fourth-order valence-electron chi connectivity index (χ4n) is 9.45. The fraction of sp³-hybridized carbons (Fsp3) is 0.871. The first-order valence-corrected chi connectivity index (χ1v) is 14.2. The lowest BCUT2D eigenvalue weighted by atomic mass is 9.46. The monoisotopic (exact) mass is 453 g/mol. The minimum Gasteiger partial charge on any atom is -0.393 e. The number of aliphatic hydroxyl groups is 1. The summed E-state index contributed by atoms with van der Waals surface area (Å²) in [6.45, 7) is 21.2. The number of piperidine rings is 1. The summed E-state index contributed by atoms with van der Waals surface area (Å²) in [5.74, 6) is 2.19. The van der Waals surface area contributed by atoms with Crippen molar-refractivity contribution in [1.29, 1.82) is 0 Å². The lowest BCUT2D eigenvalue weighted by molar-refractivity contribution is -0.0905. The van der Waals surface area contributed by atoms with E-state index in [1.807, 2.05) is 0 Å². The number of rotatable bonds is 3. The third-order valence-electron chi connectivity index (χ3n) is 11.9. The highest BCUT2D eigenvalue weighted by Crippen LogP contribution is 2.66. The van der Waals surface area contributed by atoms with Gasteiger partial charge in [-0.05, 0) is 121 Å². The van der Waals surface area contributed by atoms with Gasteiger partial charge in [0.25, 0.3) is 0 Å². The maximum atomic E-state index is 10.8. The molecule has 2 fully saturated rings. The molecule has 0 bridgehead atoms. The Bertz CT molecular complexity index is 839. The molecule has 1 saturated carbocycles. The van der Waals surface area contributed by atoms with E-state index in [1.165, 1.54) is 71.0 Å². The largest absolute Gasteiger partial charge is 0.393 e. The van der Waals surface area contributed by atoms with Crippen molar-refractivity contribution >= 4 is 0 Å². The molecule has 0 aromatic heterocycles. The average Bonchev–Trinajstić information content (AvgIpc) is 3.10. The Balaban J connectivity index is 1.35. The quantitative estimate of drug-likeness (QED) is 0.482. The lowest BCUT2D eigenvalue weighted by Crippen LogP contribution is -2.53. The predicted molar refractivity (Wildman–Crippen MR) is 139 cm³/mol.